The van der Waals surface area contributed by atoms with Gasteiger partial charge >= 0.3 is 0 Å². The summed E-state index contributed by atoms with van der Waals surface area (Å²) in [5.41, 5.74) is -0.351. The normalized spacial score (nSPS) is 15.5. The van der Waals surface area contributed by atoms with Crippen molar-refractivity contribution in [2.75, 3.05) is 13.2 Å². The minimum Gasteiger partial charge on any atom is -0.394 e. The van der Waals surface area contributed by atoms with Gasteiger partial charge < -0.3 is 10.4 Å². The van der Waals surface area contributed by atoms with Crippen LogP contribution < -0.4 is 5.32 Å². The Bertz CT molecular complexity index is 227. The van der Waals surface area contributed by atoms with Gasteiger partial charge in [0.25, 0.3) is 0 Å². The molecule has 94 valence electrons. The standard InChI is InChI=1S/C13H26N2O/c1-5-13(4,11-16)15-9-7-6-8-12(2,3)10-14/h15-16H,5-9,11H2,1-4H3. The quantitative estimate of drug-likeness (QED) is 0.625. The predicted octanol–water partition coefficient (Wildman–Crippen LogP) is 2.46. The van der Waals surface area contributed by atoms with Crippen molar-refractivity contribution in [3.8, 4) is 6.07 Å². The Balaban J connectivity index is 3.66. The maximum Gasteiger partial charge on any atom is 0.0683 e. The zero-order valence-corrected chi connectivity index (χ0v) is 11.1. The van der Waals surface area contributed by atoms with E-state index in [1.807, 2.05) is 20.8 Å². The second-order valence-corrected chi connectivity index (χ2v) is 5.45. The van der Waals surface area contributed by atoms with Crippen LogP contribution in [0.4, 0.5) is 0 Å². The summed E-state index contributed by atoms with van der Waals surface area (Å²) in [5, 5.41) is 21.4. The van der Waals surface area contributed by atoms with Gasteiger partial charge in [0.2, 0.25) is 0 Å². The van der Waals surface area contributed by atoms with Crippen molar-refractivity contribution in [2.45, 2.75) is 58.9 Å². The number of unbranched alkanes of at least 4 members (excludes halogenated alkanes) is 1. The lowest BCUT2D eigenvalue weighted by Gasteiger charge is -2.27. The lowest BCUT2D eigenvalue weighted by Crippen LogP contribution is -2.45. The number of hydrogen-bond acceptors (Lipinski definition) is 3. The molecule has 3 heteroatoms. The SMILES string of the molecule is CCC(C)(CO)NCCCCC(C)(C)C#N. The highest BCUT2D eigenvalue weighted by molar-refractivity contribution is 4.91. The molecule has 0 spiro atoms. The average Bonchev–Trinajstić information content (AvgIpc) is 2.28. The van der Waals surface area contributed by atoms with E-state index in [4.69, 9.17) is 5.26 Å². The fourth-order valence-electron chi connectivity index (χ4n) is 1.43. The summed E-state index contributed by atoms with van der Waals surface area (Å²) < 4.78 is 0. The van der Waals surface area contributed by atoms with Crippen LogP contribution in [0.15, 0.2) is 0 Å². The largest absolute Gasteiger partial charge is 0.394 e. The smallest absolute Gasteiger partial charge is 0.0683 e. The summed E-state index contributed by atoms with van der Waals surface area (Å²) >= 11 is 0. The third kappa shape index (κ3) is 6.09. The van der Waals surface area contributed by atoms with E-state index >= 15 is 0 Å². The van der Waals surface area contributed by atoms with Gasteiger partial charge in [-0.3, -0.25) is 0 Å². The summed E-state index contributed by atoms with van der Waals surface area (Å²) in [6, 6.07) is 2.31. The Hall–Kier alpha value is -0.590. The van der Waals surface area contributed by atoms with Gasteiger partial charge in [-0.15, -0.1) is 0 Å². The van der Waals surface area contributed by atoms with Crippen molar-refractivity contribution in [3.05, 3.63) is 0 Å². The molecule has 1 atom stereocenters. The van der Waals surface area contributed by atoms with Gasteiger partial charge in [-0.25, -0.2) is 0 Å². The fourth-order valence-corrected chi connectivity index (χ4v) is 1.43. The molecule has 0 saturated heterocycles. The second kappa shape index (κ2) is 6.88. The zero-order chi connectivity index (χ0) is 12.7. The molecule has 0 aliphatic carbocycles. The zero-order valence-electron chi connectivity index (χ0n) is 11.1. The van der Waals surface area contributed by atoms with E-state index < -0.39 is 0 Å². The van der Waals surface area contributed by atoms with Crippen LogP contribution in [0.25, 0.3) is 0 Å². The first-order valence-corrected chi connectivity index (χ1v) is 6.16. The molecule has 0 aromatic rings. The van der Waals surface area contributed by atoms with Crippen LogP contribution in [0.1, 0.15) is 53.4 Å². The van der Waals surface area contributed by atoms with Crippen molar-refractivity contribution < 1.29 is 5.11 Å². The molecule has 0 amide bonds. The molecule has 0 aromatic carbocycles. The van der Waals surface area contributed by atoms with Crippen LogP contribution in [-0.4, -0.2) is 23.8 Å². The van der Waals surface area contributed by atoms with Gasteiger partial charge in [-0.1, -0.05) is 13.3 Å². The Labute approximate surface area is 99.9 Å². The number of nitrogens with one attached hydrogen (secondary N) is 1. The topological polar surface area (TPSA) is 56.0 Å². The molecule has 3 nitrogen and oxygen atoms in total. The van der Waals surface area contributed by atoms with Crippen LogP contribution in [0, 0.1) is 16.7 Å². The molecular weight excluding hydrogens is 200 g/mol. The average molecular weight is 226 g/mol. The van der Waals surface area contributed by atoms with Crippen molar-refractivity contribution >= 4 is 0 Å². The van der Waals surface area contributed by atoms with Crippen LogP contribution in [0.5, 0.6) is 0 Å². The van der Waals surface area contributed by atoms with Gasteiger partial charge in [-0.05, 0) is 46.6 Å². The number of aliphatic hydroxyl groups excluding tert-OH is 1. The summed E-state index contributed by atoms with van der Waals surface area (Å²) in [5.74, 6) is 0. The third-order valence-corrected chi connectivity index (χ3v) is 3.21. The molecule has 0 aromatic heterocycles. The first kappa shape index (κ1) is 15.4. The highest BCUT2D eigenvalue weighted by Gasteiger charge is 2.19. The van der Waals surface area contributed by atoms with E-state index in [1.165, 1.54) is 0 Å². The Morgan fingerprint density at radius 2 is 1.88 bits per heavy atom. The fraction of sp³-hybridized carbons (Fsp3) is 0.923. The number of hydrogen-bond donors (Lipinski definition) is 2. The first-order valence-electron chi connectivity index (χ1n) is 6.16. The van der Waals surface area contributed by atoms with E-state index in [-0.39, 0.29) is 17.6 Å². The summed E-state index contributed by atoms with van der Waals surface area (Å²) in [6.07, 6.45) is 3.97. The molecule has 0 radical (unpaired) electrons. The van der Waals surface area contributed by atoms with Gasteiger partial charge in [0, 0.05) is 5.54 Å². The minimum absolute atomic E-state index is 0.148. The van der Waals surface area contributed by atoms with Gasteiger partial charge in [0.1, 0.15) is 0 Å². The third-order valence-electron chi connectivity index (χ3n) is 3.21. The highest BCUT2D eigenvalue weighted by atomic mass is 16.3. The number of aliphatic hydroxyl groups is 1. The lowest BCUT2D eigenvalue weighted by molar-refractivity contribution is 0.169. The van der Waals surface area contributed by atoms with E-state index in [1.54, 1.807) is 0 Å². The molecule has 1 unspecified atom stereocenters. The molecule has 2 N–H and O–H groups in total. The molecule has 0 fully saturated rings. The van der Waals surface area contributed by atoms with Crippen LogP contribution >= 0.6 is 0 Å². The Morgan fingerprint density at radius 1 is 1.25 bits per heavy atom. The summed E-state index contributed by atoms with van der Waals surface area (Å²) in [6.45, 7) is 9.14. The summed E-state index contributed by atoms with van der Waals surface area (Å²) in [4.78, 5) is 0. The molecule has 0 heterocycles. The second-order valence-electron chi connectivity index (χ2n) is 5.45. The molecule has 0 saturated carbocycles. The van der Waals surface area contributed by atoms with Crippen molar-refractivity contribution in [1.29, 1.82) is 5.26 Å². The van der Waals surface area contributed by atoms with Crippen LogP contribution in [0.3, 0.4) is 0 Å². The van der Waals surface area contributed by atoms with E-state index in [0.29, 0.717) is 0 Å². The van der Waals surface area contributed by atoms with E-state index in [0.717, 1.165) is 32.2 Å². The lowest BCUT2D eigenvalue weighted by atomic mass is 9.89. The van der Waals surface area contributed by atoms with Crippen molar-refractivity contribution in [3.63, 3.8) is 0 Å². The first-order chi connectivity index (χ1) is 7.39. The van der Waals surface area contributed by atoms with Gasteiger partial charge in [0.05, 0.1) is 18.1 Å². The summed E-state index contributed by atoms with van der Waals surface area (Å²) in [7, 11) is 0. The maximum atomic E-state index is 9.20. The molecule has 0 bridgehead atoms. The van der Waals surface area contributed by atoms with Crippen LogP contribution in [-0.2, 0) is 0 Å². The molecule has 16 heavy (non-hydrogen) atoms. The molecular formula is C13H26N2O. The monoisotopic (exact) mass is 226 g/mol. The minimum atomic E-state index is -0.203. The van der Waals surface area contributed by atoms with Crippen molar-refractivity contribution in [2.24, 2.45) is 5.41 Å². The number of nitriles is 1. The number of rotatable bonds is 8. The molecule has 0 aliphatic rings. The predicted molar refractivity (Wildman–Crippen MR) is 67.0 cm³/mol. The molecule has 0 rings (SSSR count). The maximum absolute atomic E-state index is 9.20. The number of nitrogens with zero attached hydrogens (tertiary/aromatic N) is 1. The van der Waals surface area contributed by atoms with Gasteiger partial charge in [0.15, 0.2) is 0 Å². The highest BCUT2D eigenvalue weighted by Crippen LogP contribution is 2.21. The Kier molecular flexibility index (Phi) is 6.62. The molecule has 0 aliphatic heterocycles. The Morgan fingerprint density at radius 3 is 2.31 bits per heavy atom. The van der Waals surface area contributed by atoms with E-state index in [2.05, 4.69) is 18.3 Å². The van der Waals surface area contributed by atoms with E-state index in [9.17, 15) is 5.11 Å². The van der Waals surface area contributed by atoms with Crippen molar-refractivity contribution in [1.82, 2.24) is 5.32 Å². The van der Waals surface area contributed by atoms with Gasteiger partial charge in [-0.2, -0.15) is 5.26 Å². The van der Waals surface area contributed by atoms with Crippen LogP contribution in [0.2, 0.25) is 0 Å².